The van der Waals surface area contributed by atoms with Crippen LogP contribution in [0, 0.1) is 0 Å². The number of carbonyl (C=O) groups excluding carboxylic acids is 1. The van der Waals surface area contributed by atoms with Gasteiger partial charge in [-0.2, -0.15) is 0 Å². The molecule has 0 bridgehead atoms. The fourth-order valence-electron chi connectivity index (χ4n) is 7.91. The standard InChI is InChI=1S/C49H83NO18/c1-3-5-7-9-11-13-15-16-17-19-21-23-25-27-37(55)50-32(33(54)26-24-22-20-18-14-12-10-8-6-4-2)31-63-47-43(61)40(58)45(35(29-52)65-47)68-49-44(62)41(59)46(36(30-53)66-49)67-48-42(60)39(57)38(56)34(28-51)64-48/h6-9,13-15,18,24,26,32-36,38-49,51-54,56-62H,3-5,10-12,16-17,19-23,25,27-31H2,1-2H3,(H,50,55)/b8-6+,9-7-,15-13-,18-14+,26-24+. The summed E-state index contributed by atoms with van der Waals surface area (Å²) in [6.07, 6.45) is 6.82. The Labute approximate surface area is 401 Å². The van der Waals surface area contributed by atoms with Crippen molar-refractivity contribution in [3.63, 3.8) is 0 Å². The zero-order valence-corrected chi connectivity index (χ0v) is 39.8. The highest BCUT2D eigenvalue weighted by Gasteiger charge is 2.53. The second-order valence-corrected chi connectivity index (χ2v) is 17.5. The van der Waals surface area contributed by atoms with Gasteiger partial charge in [0.25, 0.3) is 0 Å². The lowest BCUT2D eigenvalue weighted by atomic mass is 9.96. The fraction of sp³-hybridized carbons (Fsp3) is 0.776. The number of hydrogen-bond donors (Lipinski definition) is 12. The Hall–Kier alpha value is -2.51. The van der Waals surface area contributed by atoms with Crippen molar-refractivity contribution >= 4 is 5.91 Å². The fourth-order valence-corrected chi connectivity index (χ4v) is 7.91. The van der Waals surface area contributed by atoms with E-state index in [0.29, 0.717) is 12.8 Å². The highest BCUT2D eigenvalue weighted by Crippen LogP contribution is 2.33. The molecule has 0 spiro atoms. The van der Waals surface area contributed by atoms with Gasteiger partial charge in [-0.05, 0) is 64.2 Å². The molecule has 19 heteroatoms. The van der Waals surface area contributed by atoms with E-state index < -0.39 is 124 Å². The van der Waals surface area contributed by atoms with E-state index in [9.17, 15) is 61.0 Å². The highest BCUT2D eigenvalue weighted by molar-refractivity contribution is 5.76. The Morgan fingerprint density at radius 2 is 1.03 bits per heavy atom. The van der Waals surface area contributed by atoms with Crippen molar-refractivity contribution in [1.29, 1.82) is 0 Å². The normalized spacial score (nSPS) is 33.7. The van der Waals surface area contributed by atoms with Crippen LogP contribution in [0.4, 0.5) is 0 Å². The molecule has 3 aliphatic heterocycles. The van der Waals surface area contributed by atoms with Gasteiger partial charge in [-0.25, -0.2) is 0 Å². The first kappa shape index (κ1) is 59.8. The molecule has 0 saturated carbocycles. The predicted octanol–water partition coefficient (Wildman–Crippen LogP) is 0.969. The van der Waals surface area contributed by atoms with Gasteiger partial charge >= 0.3 is 0 Å². The van der Waals surface area contributed by atoms with E-state index in [4.69, 9.17) is 28.4 Å². The first-order valence-electron chi connectivity index (χ1n) is 24.5. The number of rotatable bonds is 32. The minimum Gasteiger partial charge on any atom is -0.394 e. The molecule has 3 saturated heterocycles. The Kier molecular flexibility index (Phi) is 29.9. The van der Waals surface area contributed by atoms with Gasteiger partial charge in [-0.1, -0.05) is 100 Å². The van der Waals surface area contributed by atoms with Crippen LogP contribution >= 0.6 is 0 Å². The summed E-state index contributed by atoms with van der Waals surface area (Å²) in [5.74, 6) is -0.313. The third-order valence-corrected chi connectivity index (χ3v) is 12.0. The molecular formula is C49H83NO18. The van der Waals surface area contributed by atoms with Gasteiger partial charge in [0.05, 0.1) is 38.6 Å². The molecule has 17 atom stereocenters. The summed E-state index contributed by atoms with van der Waals surface area (Å²) in [6.45, 7) is 1.42. The number of nitrogens with one attached hydrogen (secondary N) is 1. The van der Waals surface area contributed by atoms with Gasteiger partial charge in [-0.15, -0.1) is 0 Å². The molecule has 3 fully saturated rings. The Morgan fingerprint density at radius 3 is 1.62 bits per heavy atom. The van der Waals surface area contributed by atoms with Crippen molar-refractivity contribution in [3.8, 4) is 0 Å². The lowest BCUT2D eigenvalue weighted by molar-refractivity contribution is -0.379. The van der Waals surface area contributed by atoms with Crippen LogP contribution in [0.1, 0.15) is 110 Å². The number of amides is 1. The van der Waals surface area contributed by atoms with E-state index in [0.717, 1.165) is 77.0 Å². The Morgan fingerprint density at radius 1 is 0.544 bits per heavy atom. The maximum absolute atomic E-state index is 13.2. The van der Waals surface area contributed by atoms with Crippen LogP contribution in [0.5, 0.6) is 0 Å². The van der Waals surface area contributed by atoms with Crippen LogP contribution in [0.25, 0.3) is 0 Å². The number of aliphatic hydroxyl groups is 11. The van der Waals surface area contributed by atoms with Gasteiger partial charge in [-0.3, -0.25) is 4.79 Å². The molecule has 0 radical (unpaired) electrons. The molecule has 0 aromatic carbocycles. The molecule has 0 aromatic heterocycles. The van der Waals surface area contributed by atoms with Crippen molar-refractivity contribution in [3.05, 3.63) is 60.8 Å². The van der Waals surface area contributed by atoms with Crippen molar-refractivity contribution in [2.75, 3.05) is 26.4 Å². The molecule has 3 aliphatic rings. The summed E-state index contributed by atoms with van der Waals surface area (Å²) in [7, 11) is 0. The third kappa shape index (κ3) is 19.9. The molecule has 3 heterocycles. The van der Waals surface area contributed by atoms with Crippen LogP contribution in [-0.4, -0.2) is 193 Å². The van der Waals surface area contributed by atoms with Gasteiger partial charge in [0.2, 0.25) is 5.91 Å². The summed E-state index contributed by atoms with van der Waals surface area (Å²) in [6, 6.07) is -1.00. The zero-order chi connectivity index (χ0) is 49.8. The molecular weight excluding hydrogens is 891 g/mol. The molecule has 17 unspecified atom stereocenters. The van der Waals surface area contributed by atoms with Crippen molar-refractivity contribution in [1.82, 2.24) is 5.32 Å². The van der Waals surface area contributed by atoms with Crippen LogP contribution in [0.2, 0.25) is 0 Å². The topological polar surface area (TPSA) is 307 Å². The van der Waals surface area contributed by atoms with Crippen LogP contribution in [-0.2, 0) is 33.2 Å². The molecule has 392 valence electrons. The lowest BCUT2D eigenvalue weighted by Crippen LogP contribution is -2.66. The second-order valence-electron chi connectivity index (χ2n) is 17.5. The summed E-state index contributed by atoms with van der Waals surface area (Å²) >= 11 is 0. The second kappa shape index (κ2) is 34.0. The van der Waals surface area contributed by atoms with E-state index in [1.165, 1.54) is 0 Å². The molecule has 1 amide bonds. The molecule has 12 N–H and O–H groups in total. The van der Waals surface area contributed by atoms with Crippen LogP contribution in [0.15, 0.2) is 60.8 Å². The Balaban J connectivity index is 1.59. The van der Waals surface area contributed by atoms with Crippen molar-refractivity contribution in [2.24, 2.45) is 0 Å². The maximum atomic E-state index is 13.2. The quantitative estimate of drug-likeness (QED) is 0.0330. The van der Waals surface area contributed by atoms with Crippen molar-refractivity contribution < 1.29 is 89.4 Å². The SMILES string of the molecule is CC/C=C/CC/C=C/CC/C=C/C(O)C(COC1OC(CO)C(OC2OC(CO)C(OC3OC(CO)C(O)C(O)C3O)C(O)C2O)C(O)C1O)NC(=O)CCCCCCC/C=C\C/C=C\CCC. The van der Waals surface area contributed by atoms with E-state index in [2.05, 4.69) is 67.8 Å². The smallest absolute Gasteiger partial charge is 0.220 e. The Bertz CT molecular complexity index is 1490. The number of unbranched alkanes of at least 4 members (excludes halogenated alkanes) is 8. The van der Waals surface area contributed by atoms with E-state index in [1.54, 1.807) is 12.2 Å². The monoisotopic (exact) mass is 974 g/mol. The molecule has 0 aliphatic carbocycles. The largest absolute Gasteiger partial charge is 0.394 e. The lowest BCUT2D eigenvalue weighted by Gasteiger charge is -2.48. The molecule has 0 aromatic rings. The number of carbonyl (C=O) groups is 1. The van der Waals surface area contributed by atoms with Crippen molar-refractivity contribution in [2.45, 2.75) is 214 Å². The summed E-state index contributed by atoms with van der Waals surface area (Å²) in [5, 5.41) is 119. The number of hydrogen-bond acceptors (Lipinski definition) is 18. The molecule has 19 nitrogen and oxygen atoms in total. The molecule has 68 heavy (non-hydrogen) atoms. The first-order chi connectivity index (χ1) is 32.8. The number of allylic oxidation sites excluding steroid dienone is 9. The predicted molar refractivity (Wildman–Crippen MR) is 249 cm³/mol. The van der Waals surface area contributed by atoms with Crippen LogP contribution < -0.4 is 5.32 Å². The van der Waals surface area contributed by atoms with E-state index in [-0.39, 0.29) is 18.9 Å². The minimum absolute atomic E-state index is 0.212. The van der Waals surface area contributed by atoms with E-state index in [1.807, 2.05) is 0 Å². The third-order valence-electron chi connectivity index (χ3n) is 12.0. The summed E-state index contributed by atoms with van der Waals surface area (Å²) in [4.78, 5) is 13.2. The summed E-state index contributed by atoms with van der Waals surface area (Å²) < 4.78 is 34.0. The maximum Gasteiger partial charge on any atom is 0.220 e. The molecule has 3 rings (SSSR count). The zero-order valence-electron chi connectivity index (χ0n) is 39.8. The number of aliphatic hydroxyl groups excluding tert-OH is 11. The minimum atomic E-state index is -1.98. The average molecular weight is 974 g/mol. The highest BCUT2D eigenvalue weighted by atomic mass is 16.8. The average Bonchev–Trinajstić information content (AvgIpc) is 3.33. The van der Waals surface area contributed by atoms with Gasteiger partial charge in [0, 0.05) is 6.42 Å². The summed E-state index contributed by atoms with van der Waals surface area (Å²) in [5.41, 5.74) is 0. The first-order valence-corrected chi connectivity index (χ1v) is 24.5. The van der Waals surface area contributed by atoms with E-state index >= 15 is 0 Å². The van der Waals surface area contributed by atoms with Crippen LogP contribution in [0.3, 0.4) is 0 Å². The van der Waals surface area contributed by atoms with Gasteiger partial charge in [0.15, 0.2) is 18.9 Å². The van der Waals surface area contributed by atoms with Gasteiger partial charge in [0.1, 0.15) is 73.2 Å². The van der Waals surface area contributed by atoms with Gasteiger partial charge < -0.3 is 89.9 Å². The number of ether oxygens (including phenoxy) is 6.